The SMILES string of the molecule is O=C(O)CC[C@@H]1NC(=O)N(c2ccc3ccccc3c2)C1=O. The van der Waals surface area contributed by atoms with E-state index < -0.39 is 23.9 Å². The summed E-state index contributed by atoms with van der Waals surface area (Å²) in [6.07, 6.45) is -0.0771. The summed E-state index contributed by atoms with van der Waals surface area (Å²) in [5.41, 5.74) is 0.485. The minimum Gasteiger partial charge on any atom is -0.481 e. The van der Waals surface area contributed by atoms with Crippen molar-refractivity contribution in [1.29, 1.82) is 0 Å². The number of rotatable bonds is 4. The zero-order valence-electron chi connectivity index (χ0n) is 11.7. The van der Waals surface area contributed by atoms with Crippen molar-refractivity contribution < 1.29 is 19.5 Å². The molecular weight excluding hydrogens is 284 g/mol. The highest BCUT2D eigenvalue weighted by molar-refractivity contribution is 6.21. The molecule has 1 aliphatic rings. The zero-order valence-corrected chi connectivity index (χ0v) is 11.7. The number of urea groups is 1. The fourth-order valence-corrected chi connectivity index (χ4v) is 2.56. The molecule has 0 radical (unpaired) electrons. The van der Waals surface area contributed by atoms with Crippen molar-refractivity contribution in [2.75, 3.05) is 4.90 Å². The van der Waals surface area contributed by atoms with Crippen LogP contribution in [0.5, 0.6) is 0 Å². The van der Waals surface area contributed by atoms with Crippen LogP contribution in [0.3, 0.4) is 0 Å². The van der Waals surface area contributed by atoms with Crippen LogP contribution >= 0.6 is 0 Å². The largest absolute Gasteiger partial charge is 0.481 e. The van der Waals surface area contributed by atoms with E-state index in [9.17, 15) is 14.4 Å². The molecule has 3 amide bonds. The first kappa shape index (κ1) is 14.1. The molecule has 0 aromatic heterocycles. The molecule has 6 nitrogen and oxygen atoms in total. The number of nitrogens with one attached hydrogen (secondary N) is 1. The molecule has 112 valence electrons. The van der Waals surface area contributed by atoms with Crippen LogP contribution < -0.4 is 10.2 Å². The number of aliphatic carboxylic acids is 1. The lowest BCUT2D eigenvalue weighted by atomic mass is 10.1. The highest BCUT2D eigenvalue weighted by Gasteiger charge is 2.38. The molecule has 1 aliphatic heterocycles. The number of benzene rings is 2. The van der Waals surface area contributed by atoms with Crippen LogP contribution in [-0.2, 0) is 9.59 Å². The molecule has 1 heterocycles. The number of hydrogen-bond acceptors (Lipinski definition) is 3. The van der Waals surface area contributed by atoms with E-state index in [1.165, 1.54) is 0 Å². The van der Waals surface area contributed by atoms with E-state index in [1.54, 1.807) is 12.1 Å². The van der Waals surface area contributed by atoms with Gasteiger partial charge in [-0.2, -0.15) is 0 Å². The van der Waals surface area contributed by atoms with Crippen LogP contribution in [0.1, 0.15) is 12.8 Å². The van der Waals surface area contributed by atoms with Crippen LogP contribution in [0.2, 0.25) is 0 Å². The molecule has 6 heteroatoms. The van der Waals surface area contributed by atoms with Crippen molar-refractivity contribution >= 4 is 34.4 Å². The summed E-state index contributed by atoms with van der Waals surface area (Å²) in [5.74, 6) is -1.41. The fraction of sp³-hybridized carbons (Fsp3) is 0.188. The number of imide groups is 1. The monoisotopic (exact) mass is 298 g/mol. The maximum absolute atomic E-state index is 12.3. The van der Waals surface area contributed by atoms with E-state index >= 15 is 0 Å². The lowest BCUT2D eigenvalue weighted by Crippen LogP contribution is -2.31. The van der Waals surface area contributed by atoms with E-state index in [2.05, 4.69) is 5.32 Å². The average molecular weight is 298 g/mol. The molecule has 2 aromatic rings. The zero-order chi connectivity index (χ0) is 15.7. The van der Waals surface area contributed by atoms with Gasteiger partial charge in [0.1, 0.15) is 6.04 Å². The van der Waals surface area contributed by atoms with E-state index in [1.807, 2.05) is 30.3 Å². The van der Waals surface area contributed by atoms with Gasteiger partial charge in [0.15, 0.2) is 0 Å². The Labute approximate surface area is 126 Å². The van der Waals surface area contributed by atoms with Gasteiger partial charge in [-0.15, -0.1) is 0 Å². The Morgan fingerprint density at radius 3 is 2.59 bits per heavy atom. The van der Waals surface area contributed by atoms with Gasteiger partial charge in [-0.3, -0.25) is 9.59 Å². The van der Waals surface area contributed by atoms with Crippen LogP contribution in [-0.4, -0.2) is 29.1 Å². The van der Waals surface area contributed by atoms with Crippen LogP contribution in [0.4, 0.5) is 10.5 Å². The van der Waals surface area contributed by atoms with Gasteiger partial charge in [-0.1, -0.05) is 30.3 Å². The second-order valence-electron chi connectivity index (χ2n) is 5.14. The van der Waals surface area contributed by atoms with Crippen molar-refractivity contribution in [2.45, 2.75) is 18.9 Å². The number of amides is 3. The van der Waals surface area contributed by atoms with Gasteiger partial charge in [0.25, 0.3) is 5.91 Å². The van der Waals surface area contributed by atoms with E-state index in [0.717, 1.165) is 15.7 Å². The third kappa shape index (κ3) is 2.50. The first-order valence-electron chi connectivity index (χ1n) is 6.91. The van der Waals surface area contributed by atoms with E-state index in [0.29, 0.717) is 5.69 Å². The van der Waals surface area contributed by atoms with Gasteiger partial charge < -0.3 is 10.4 Å². The number of hydrogen-bond donors (Lipinski definition) is 2. The third-order valence-corrected chi connectivity index (χ3v) is 3.66. The van der Waals surface area contributed by atoms with E-state index in [4.69, 9.17) is 5.11 Å². The predicted octanol–water partition coefficient (Wildman–Crippen LogP) is 2.13. The topological polar surface area (TPSA) is 86.7 Å². The third-order valence-electron chi connectivity index (χ3n) is 3.66. The molecule has 22 heavy (non-hydrogen) atoms. The average Bonchev–Trinajstić information content (AvgIpc) is 2.79. The summed E-state index contributed by atoms with van der Waals surface area (Å²) in [7, 11) is 0. The maximum atomic E-state index is 12.3. The number of fused-ring (bicyclic) bond motifs is 1. The van der Waals surface area contributed by atoms with Crippen LogP contribution in [0.15, 0.2) is 42.5 Å². The van der Waals surface area contributed by atoms with Crippen molar-refractivity contribution in [1.82, 2.24) is 5.32 Å². The molecule has 0 saturated carbocycles. The Morgan fingerprint density at radius 2 is 1.86 bits per heavy atom. The fourth-order valence-electron chi connectivity index (χ4n) is 2.56. The Bertz CT molecular complexity index is 772. The molecule has 3 rings (SSSR count). The van der Waals surface area contributed by atoms with Crippen molar-refractivity contribution in [3.8, 4) is 0 Å². The summed E-state index contributed by atoms with van der Waals surface area (Å²) in [4.78, 5) is 36.0. The van der Waals surface area contributed by atoms with Crippen LogP contribution in [0.25, 0.3) is 10.8 Å². The Balaban J connectivity index is 1.87. The van der Waals surface area contributed by atoms with E-state index in [-0.39, 0.29) is 12.8 Å². The molecular formula is C16H14N2O4. The number of nitrogens with zero attached hydrogens (tertiary/aromatic N) is 1. The number of carboxylic acid groups (broad SMARTS) is 1. The number of carbonyl (C=O) groups excluding carboxylic acids is 2. The lowest BCUT2D eigenvalue weighted by Gasteiger charge is -2.13. The van der Waals surface area contributed by atoms with Gasteiger partial charge in [0, 0.05) is 6.42 Å². The molecule has 0 bridgehead atoms. The van der Waals surface area contributed by atoms with Crippen molar-refractivity contribution in [3.63, 3.8) is 0 Å². The number of carbonyl (C=O) groups is 3. The number of anilines is 1. The molecule has 1 fully saturated rings. The molecule has 1 saturated heterocycles. The van der Waals surface area contributed by atoms with Gasteiger partial charge in [0.05, 0.1) is 5.69 Å². The molecule has 0 spiro atoms. The molecule has 0 aliphatic carbocycles. The molecule has 2 N–H and O–H groups in total. The quantitative estimate of drug-likeness (QED) is 0.847. The summed E-state index contributed by atoms with van der Waals surface area (Å²) in [5, 5.41) is 13.2. The molecule has 1 atom stereocenters. The highest BCUT2D eigenvalue weighted by Crippen LogP contribution is 2.25. The number of carboxylic acids is 1. The van der Waals surface area contributed by atoms with Crippen molar-refractivity contribution in [3.05, 3.63) is 42.5 Å². The highest BCUT2D eigenvalue weighted by atomic mass is 16.4. The molecule has 2 aromatic carbocycles. The first-order valence-corrected chi connectivity index (χ1v) is 6.91. The van der Waals surface area contributed by atoms with Gasteiger partial charge in [-0.05, 0) is 29.3 Å². The van der Waals surface area contributed by atoms with Gasteiger partial charge >= 0.3 is 12.0 Å². The Kier molecular flexibility index (Phi) is 3.50. The lowest BCUT2D eigenvalue weighted by molar-refractivity contribution is -0.137. The minimum absolute atomic E-state index is 0.0873. The molecule has 0 unspecified atom stereocenters. The summed E-state index contributed by atoms with van der Waals surface area (Å²) in [6.45, 7) is 0. The van der Waals surface area contributed by atoms with Gasteiger partial charge in [-0.25, -0.2) is 9.69 Å². The Hall–Kier alpha value is -2.89. The summed E-state index contributed by atoms with van der Waals surface area (Å²) < 4.78 is 0. The standard InChI is InChI=1S/C16H14N2O4/c19-14(20)8-7-13-15(21)18(16(22)17-13)12-6-5-10-3-1-2-4-11(10)9-12/h1-6,9,13H,7-8H2,(H,17,22)(H,19,20)/t13-/m0/s1. The second-order valence-corrected chi connectivity index (χ2v) is 5.14. The maximum Gasteiger partial charge on any atom is 0.329 e. The minimum atomic E-state index is -0.994. The predicted molar refractivity (Wildman–Crippen MR) is 80.6 cm³/mol. The van der Waals surface area contributed by atoms with Crippen LogP contribution in [0, 0.1) is 0 Å². The Morgan fingerprint density at radius 1 is 1.14 bits per heavy atom. The summed E-state index contributed by atoms with van der Waals surface area (Å²) in [6, 6.07) is 11.7. The second kappa shape index (κ2) is 5.48. The normalized spacial score (nSPS) is 17.8. The van der Waals surface area contributed by atoms with Crippen molar-refractivity contribution in [2.24, 2.45) is 0 Å². The van der Waals surface area contributed by atoms with Gasteiger partial charge in [0.2, 0.25) is 0 Å². The smallest absolute Gasteiger partial charge is 0.329 e. The summed E-state index contributed by atoms with van der Waals surface area (Å²) >= 11 is 0. The first-order chi connectivity index (χ1) is 10.6.